The summed E-state index contributed by atoms with van der Waals surface area (Å²) < 4.78 is 0. The van der Waals surface area contributed by atoms with E-state index in [9.17, 15) is 14.4 Å². The highest BCUT2D eigenvalue weighted by Gasteiger charge is 2.25. The van der Waals surface area contributed by atoms with Crippen LogP contribution < -0.4 is 21.3 Å². The zero-order valence-electron chi connectivity index (χ0n) is 19.7. The van der Waals surface area contributed by atoms with Gasteiger partial charge in [-0.25, -0.2) is 4.79 Å². The minimum atomic E-state index is -0.758. The summed E-state index contributed by atoms with van der Waals surface area (Å²) in [4.78, 5) is 38.1. The average Bonchev–Trinajstić information content (AvgIpc) is 2.83. The highest BCUT2D eigenvalue weighted by atomic mass is 35.5. The number of anilines is 1. The predicted octanol–water partition coefficient (Wildman–Crippen LogP) is 4.87. The van der Waals surface area contributed by atoms with E-state index in [0.717, 1.165) is 31.2 Å². The number of benzene rings is 2. The van der Waals surface area contributed by atoms with E-state index >= 15 is 0 Å². The molecule has 0 radical (unpaired) electrons. The zero-order chi connectivity index (χ0) is 24.5. The second-order valence-corrected chi connectivity index (χ2v) is 9.43. The lowest BCUT2D eigenvalue weighted by Crippen LogP contribution is -2.50. The summed E-state index contributed by atoms with van der Waals surface area (Å²) in [5.41, 5.74) is 1.73. The molecule has 34 heavy (non-hydrogen) atoms. The van der Waals surface area contributed by atoms with Gasteiger partial charge in [0.25, 0.3) is 5.91 Å². The number of carbonyl (C=O) groups excluding carboxylic acids is 3. The van der Waals surface area contributed by atoms with E-state index in [1.165, 1.54) is 6.42 Å². The van der Waals surface area contributed by atoms with Gasteiger partial charge in [0.2, 0.25) is 5.91 Å². The molecule has 3 rings (SSSR count). The van der Waals surface area contributed by atoms with Gasteiger partial charge < -0.3 is 21.3 Å². The van der Waals surface area contributed by atoms with Gasteiger partial charge in [-0.15, -0.1) is 0 Å². The van der Waals surface area contributed by atoms with Crippen molar-refractivity contribution in [2.24, 2.45) is 5.92 Å². The molecule has 0 bridgehead atoms. The molecule has 1 atom stereocenters. The van der Waals surface area contributed by atoms with Crippen LogP contribution in [-0.2, 0) is 11.3 Å². The van der Waals surface area contributed by atoms with E-state index in [4.69, 9.17) is 11.6 Å². The van der Waals surface area contributed by atoms with E-state index in [0.29, 0.717) is 22.8 Å². The lowest BCUT2D eigenvalue weighted by molar-refractivity contribution is -0.118. The molecule has 0 aromatic heterocycles. The van der Waals surface area contributed by atoms with Gasteiger partial charge in [0.15, 0.2) is 0 Å². The Labute approximate surface area is 206 Å². The first-order chi connectivity index (χ1) is 16.3. The summed E-state index contributed by atoms with van der Waals surface area (Å²) in [6.45, 7) is 4.06. The summed E-state index contributed by atoms with van der Waals surface area (Å²) in [5.74, 6) is -0.763. The van der Waals surface area contributed by atoms with Crippen LogP contribution in [0.15, 0.2) is 48.5 Å². The summed E-state index contributed by atoms with van der Waals surface area (Å²) >= 11 is 6.27. The van der Waals surface area contributed by atoms with Gasteiger partial charge >= 0.3 is 6.03 Å². The zero-order valence-corrected chi connectivity index (χ0v) is 20.5. The van der Waals surface area contributed by atoms with Crippen molar-refractivity contribution in [1.82, 2.24) is 16.0 Å². The van der Waals surface area contributed by atoms with Crippen LogP contribution >= 0.6 is 11.6 Å². The number of rotatable bonds is 8. The Kier molecular flexibility index (Phi) is 9.33. The number of halogens is 1. The number of urea groups is 1. The smallest absolute Gasteiger partial charge is 0.315 e. The molecule has 0 saturated heterocycles. The van der Waals surface area contributed by atoms with Crippen molar-refractivity contribution in [3.05, 3.63) is 64.7 Å². The van der Waals surface area contributed by atoms with Crippen LogP contribution in [0, 0.1) is 5.92 Å². The van der Waals surface area contributed by atoms with Crippen LogP contribution in [0.5, 0.6) is 0 Å². The van der Waals surface area contributed by atoms with Gasteiger partial charge in [-0.2, -0.15) is 0 Å². The van der Waals surface area contributed by atoms with Crippen LogP contribution in [0.4, 0.5) is 10.5 Å². The van der Waals surface area contributed by atoms with Crippen molar-refractivity contribution < 1.29 is 14.4 Å². The van der Waals surface area contributed by atoms with Crippen LogP contribution in [0.25, 0.3) is 0 Å². The van der Waals surface area contributed by atoms with Crippen LogP contribution in [0.2, 0.25) is 5.02 Å². The van der Waals surface area contributed by atoms with Crippen LogP contribution in [-0.4, -0.2) is 29.9 Å². The number of amides is 4. The Balaban J connectivity index is 1.60. The Morgan fingerprint density at radius 2 is 1.71 bits per heavy atom. The number of nitrogens with one attached hydrogen (secondary N) is 4. The highest BCUT2D eigenvalue weighted by Crippen LogP contribution is 2.23. The van der Waals surface area contributed by atoms with E-state index in [1.54, 1.807) is 18.2 Å². The molecule has 2 aromatic carbocycles. The normalized spacial score (nSPS) is 14.8. The first kappa shape index (κ1) is 25.6. The first-order valence-corrected chi connectivity index (χ1v) is 12.2. The molecule has 0 aliphatic heterocycles. The molecule has 1 unspecified atom stereocenters. The Hall–Kier alpha value is -3.06. The molecular formula is C26H33ClN4O3. The molecule has 4 N–H and O–H groups in total. The molecule has 7 nitrogen and oxygen atoms in total. The first-order valence-electron chi connectivity index (χ1n) is 11.8. The monoisotopic (exact) mass is 484 g/mol. The van der Waals surface area contributed by atoms with E-state index < -0.39 is 12.1 Å². The summed E-state index contributed by atoms with van der Waals surface area (Å²) in [6.07, 6.45) is 5.35. The highest BCUT2D eigenvalue weighted by molar-refractivity contribution is 6.34. The molecular weight excluding hydrogens is 452 g/mol. The van der Waals surface area contributed by atoms with Gasteiger partial charge in [-0.3, -0.25) is 9.59 Å². The molecule has 1 aliphatic carbocycles. The number of carbonyl (C=O) groups is 3. The van der Waals surface area contributed by atoms with Crippen molar-refractivity contribution >= 4 is 35.1 Å². The van der Waals surface area contributed by atoms with Crippen molar-refractivity contribution in [1.29, 1.82) is 0 Å². The van der Waals surface area contributed by atoms with Gasteiger partial charge in [-0.05, 0) is 42.5 Å². The maximum Gasteiger partial charge on any atom is 0.315 e. The second-order valence-electron chi connectivity index (χ2n) is 9.03. The lowest BCUT2D eigenvalue weighted by Gasteiger charge is -2.23. The molecule has 182 valence electrons. The second kappa shape index (κ2) is 12.4. The van der Waals surface area contributed by atoms with Crippen molar-refractivity contribution in [3.63, 3.8) is 0 Å². The van der Waals surface area contributed by atoms with Gasteiger partial charge in [0.1, 0.15) is 6.04 Å². The fourth-order valence-corrected chi connectivity index (χ4v) is 4.22. The fraction of sp³-hybridized carbons (Fsp3) is 0.423. The lowest BCUT2D eigenvalue weighted by atomic mass is 9.95. The summed E-state index contributed by atoms with van der Waals surface area (Å²) in [6, 6.07) is 13.3. The minimum Gasteiger partial charge on any atom is -0.349 e. The van der Waals surface area contributed by atoms with Crippen molar-refractivity contribution in [3.8, 4) is 0 Å². The molecule has 2 aromatic rings. The van der Waals surface area contributed by atoms with E-state index in [2.05, 4.69) is 21.3 Å². The molecule has 0 spiro atoms. The predicted molar refractivity (Wildman–Crippen MR) is 135 cm³/mol. The largest absolute Gasteiger partial charge is 0.349 e. The molecule has 1 fully saturated rings. The third-order valence-electron chi connectivity index (χ3n) is 5.95. The summed E-state index contributed by atoms with van der Waals surface area (Å²) in [5, 5.41) is 11.7. The minimum absolute atomic E-state index is 0.149. The third-order valence-corrected chi connectivity index (χ3v) is 6.28. The van der Waals surface area contributed by atoms with Crippen LogP contribution in [0.3, 0.4) is 0 Å². The van der Waals surface area contributed by atoms with Crippen molar-refractivity contribution in [2.75, 3.05) is 5.32 Å². The molecule has 1 aliphatic rings. The number of hydrogen-bond acceptors (Lipinski definition) is 3. The molecule has 4 amide bonds. The molecule has 0 heterocycles. The Morgan fingerprint density at radius 1 is 1.00 bits per heavy atom. The van der Waals surface area contributed by atoms with Crippen LogP contribution in [0.1, 0.15) is 61.9 Å². The van der Waals surface area contributed by atoms with E-state index in [-0.39, 0.29) is 23.8 Å². The van der Waals surface area contributed by atoms with E-state index in [1.807, 2.05) is 44.2 Å². The molecule has 8 heteroatoms. The molecule has 1 saturated carbocycles. The Bertz CT molecular complexity index is 991. The average molecular weight is 485 g/mol. The SMILES string of the molecule is CC(C)C(NC(=O)NCc1ccccc1)C(=O)Nc1ccc(Cl)c(C(=O)NC2CCCCC2)c1. The van der Waals surface area contributed by atoms with Gasteiger partial charge in [0, 0.05) is 18.3 Å². The standard InChI is InChI=1S/C26H33ClN4O3/c1-17(2)23(31-26(34)28-16-18-9-5-3-6-10-18)25(33)30-20-13-14-22(27)21(15-20)24(32)29-19-11-7-4-8-12-19/h3,5-6,9-10,13-15,17,19,23H,4,7-8,11-12,16H2,1-2H3,(H,29,32)(H,30,33)(H2,28,31,34). The number of hydrogen-bond donors (Lipinski definition) is 4. The maximum atomic E-state index is 13.0. The Morgan fingerprint density at radius 3 is 2.38 bits per heavy atom. The summed E-state index contributed by atoms with van der Waals surface area (Å²) in [7, 11) is 0. The van der Waals surface area contributed by atoms with Crippen molar-refractivity contribution in [2.45, 2.75) is 64.6 Å². The quantitative estimate of drug-likeness (QED) is 0.430. The third kappa shape index (κ3) is 7.48. The fourth-order valence-electron chi connectivity index (χ4n) is 4.01. The topological polar surface area (TPSA) is 99.3 Å². The van der Waals surface area contributed by atoms with Gasteiger partial charge in [-0.1, -0.05) is 75.0 Å². The van der Waals surface area contributed by atoms with Gasteiger partial charge in [0.05, 0.1) is 10.6 Å². The maximum absolute atomic E-state index is 13.0.